The Balaban J connectivity index is 2.18. The van der Waals surface area contributed by atoms with E-state index in [1.165, 1.54) is 0 Å². The average Bonchev–Trinajstić information content (AvgIpc) is 2.31. The van der Waals surface area contributed by atoms with Gasteiger partial charge in [-0.15, -0.1) is 0 Å². The van der Waals surface area contributed by atoms with Crippen molar-refractivity contribution in [1.29, 1.82) is 0 Å². The molecule has 2 fully saturated rings. The van der Waals surface area contributed by atoms with E-state index in [1.54, 1.807) is 0 Å². The molecule has 2 aliphatic heterocycles. The molecule has 0 saturated carbocycles. The van der Waals surface area contributed by atoms with E-state index >= 15 is 0 Å². The molecule has 1 unspecified atom stereocenters. The second-order valence-electron chi connectivity index (χ2n) is 2.81. The summed E-state index contributed by atoms with van der Waals surface area (Å²) in [7, 11) is 0. The van der Waals surface area contributed by atoms with Gasteiger partial charge in [0, 0.05) is 13.0 Å². The molecule has 10 heavy (non-hydrogen) atoms. The highest BCUT2D eigenvalue weighted by Gasteiger charge is 2.50. The molecule has 2 saturated heterocycles. The molecule has 2 heterocycles. The van der Waals surface area contributed by atoms with Gasteiger partial charge in [-0.1, -0.05) is 0 Å². The molecule has 4 heteroatoms. The third kappa shape index (κ3) is 0.509. The summed E-state index contributed by atoms with van der Waals surface area (Å²) in [4.78, 5) is 21.6. The molecule has 1 atom stereocenters. The summed E-state index contributed by atoms with van der Waals surface area (Å²) in [5.41, 5.74) is -0.503. The van der Waals surface area contributed by atoms with E-state index in [9.17, 15) is 9.59 Å². The van der Waals surface area contributed by atoms with Gasteiger partial charge < -0.3 is 10.6 Å². The molecule has 1 spiro atoms. The van der Waals surface area contributed by atoms with Crippen molar-refractivity contribution in [2.45, 2.75) is 18.4 Å². The van der Waals surface area contributed by atoms with Crippen molar-refractivity contribution in [2.24, 2.45) is 0 Å². The van der Waals surface area contributed by atoms with Gasteiger partial charge in [0.05, 0.1) is 0 Å². The van der Waals surface area contributed by atoms with Crippen molar-refractivity contribution >= 4 is 11.8 Å². The maximum atomic E-state index is 10.9. The van der Waals surface area contributed by atoms with Gasteiger partial charge in [0.2, 0.25) is 11.8 Å². The van der Waals surface area contributed by atoms with Gasteiger partial charge in [-0.3, -0.25) is 9.59 Å². The van der Waals surface area contributed by atoms with E-state index in [1.807, 2.05) is 0 Å². The summed E-state index contributed by atoms with van der Waals surface area (Å²) in [6, 6.07) is 0. The third-order valence-corrected chi connectivity index (χ3v) is 2.14. The molecule has 2 aliphatic rings. The van der Waals surface area contributed by atoms with E-state index in [2.05, 4.69) is 10.6 Å². The van der Waals surface area contributed by atoms with Gasteiger partial charge >= 0.3 is 0 Å². The number of rotatable bonds is 0. The highest BCUT2D eigenvalue weighted by Crippen LogP contribution is 2.24. The summed E-state index contributed by atoms with van der Waals surface area (Å²) in [5.74, 6) is -0.0341. The first kappa shape index (κ1) is 5.70. The van der Waals surface area contributed by atoms with Gasteiger partial charge in [-0.05, 0) is 6.42 Å². The summed E-state index contributed by atoms with van der Waals surface area (Å²) >= 11 is 0. The first-order valence-corrected chi connectivity index (χ1v) is 3.32. The second kappa shape index (κ2) is 1.51. The van der Waals surface area contributed by atoms with Crippen LogP contribution in [0.3, 0.4) is 0 Å². The lowest BCUT2D eigenvalue weighted by Gasteiger charge is -2.36. The predicted octanol–water partition coefficient (Wildman–Crippen LogP) is -1.23. The molecule has 0 radical (unpaired) electrons. The van der Waals surface area contributed by atoms with Crippen molar-refractivity contribution in [3.8, 4) is 0 Å². The number of β-lactam (4-membered cyclic amide) rings is 1. The zero-order valence-electron chi connectivity index (χ0n) is 5.44. The molecule has 0 aromatic carbocycles. The van der Waals surface area contributed by atoms with Crippen LogP contribution >= 0.6 is 0 Å². The van der Waals surface area contributed by atoms with Crippen molar-refractivity contribution in [3.05, 3.63) is 0 Å². The molecule has 2 amide bonds. The topological polar surface area (TPSA) is 58.2 Å². The van der Waals surface area contributed by atoms with Crippen LogP contribution in [-0.2, 0) is 9.59 Å². The van der Waals surface area contributed by atoms with E-state index < -0.39 is 5.54 Å². The Labute approximate surface area is 58.0 Å². The van der Waals surface area contributed by atoms with Crippen LogP contribution in [-0.4, -0.2) is 23.9 Å². The summed E-state index contributed by atoms with van der Waals surface area (Å²) in [6.07, 6.45) is 1.16. The van der Waals surface area contributed by atoms with Gasteiger partial charge in [0.15, 0.2) is 0 Å². The number of carbonyl (C=O) groups is 2. The Morgan fingerprint density at radius 2 is 2.20 bits per heavy atom. The smallest absolute Gasteiger partial charge is 0.247 e. The summed E-state index contributed by atoms with van der Waals surface area (Å²) in [6.45, 7) is 0.609. The summed E-state index contributed by atoms with van der Waals surface area (Å²) < 4.78 is 0. The van der Waals surface area contributed by atoms with Crippen LogP contribution in [0.2, 0.25) is 0 Å². The first-order valence-electron chi connectivity index (χ1n) is 3.32. The second-order valence-corrected chi connectivity index (χ2v) is 2.81. The van der Waals surface area contributed by atoms with Crippen LogP contribution in [0, 0.1) is 0 Å². The zero-order chi connectivity index (χ0) is 7.19. The van der Waals surface area contributed by atoms with Crippen LogP contribution in [0.4, 0.5) is 0 Å². The molecule has 0 bridgehead atoms. The Kier molecular flexibility index (Phi) is 0.859. The summed E-state index contributed by atoms with van der Waals surface area (Å²) in [5, 5.41) is 5.27. The number of hydrogen-bond acceptors (Lipinski definition) is 2. The van der Waals surface area contributed by atoms with Crippen LogP contribution in [0.15, 0.2) is 0 Å². The van der Waals surface area contributed by atoms with Crippen LogP contribution < -0.4 is 10.6 Å². The molecule has 54 valence electrons. The predicted molar refractivity (Wildman–Crippen MR) is 33.1 cm³/mol. The van der Waals surface area contributed by atoms with Crippen molar-refractivity contribution < 1.29 is 9.59 Å². The van der Waals surface area contributed by atoms with Crippen molar-refractivity contribution in [2.75, 3.05) is 6.54 Å². The van der Waals surface area contributed by atoms with E-state index in [0.717, 1.165) is 0 Å². The minimum atomic E-state index is -0.503. The molecular weight excluding hydrogens is 132 g/mol. The standard InChI is InChI=1S/C6H8N2O2/c9-4-1-2-6(8-4)3-7-5(6)10/h1-3H2,(H,7,10)(H,8,9). The minimum Gasteiger partial charge on any atom is -0.351 e. The molecule has 2 rings (SSSR count). The van der Waals surface area contributed by atoms with Gasteiger partial charge in [0.1, 0.15) is 5.54 Å². The average molecular weight is 140 g/mol. The maximum absolute atomic E-state index is 10.9. The van der Waals surface area contributed by atoms with Crippen LogP contribution in [0.5, 0.6) is 0 Å². The molecule has 0 aliphatic carbocycles. The molecule has 0 aromatic heterocycles. The largest absolute Gasteiger partial charge is 0.351 e. The quantitative estimate of drug-likeness (QED) is 0.414. The van der Waals surface area contributed by atoms with E-state index in [-0.39, 0.29) is 11.8 Å². The molecular formula is C6H8N2O2. The van der Waals surface area contributed by atoms with Crippen molar-refractivity contribution in [1.82, 2.24) is 10.6 Å². The van der Waals surface area contributed by atoms with Gasteiger partial charge in [-0.25, -0.2) is 0 Å². The fraction of sp³-hybridized carbons (Fsp3) is 0.667. The third-order valence-electron chi connectivity index (χ3n) is 2.14. The van der Waals surface area contributed by atoms with E-state index in [0.29, 0.717) is 19.4 Å². The maximum Gasteiger partial charge on any atom is 0.247 e. The Bertz CT molecular complexity index is 214. The number of amides is 2. The Hall–Kier alpha value is -1.06. The van der Waals surface area contributed by atoms with Gasteiger partial charge in [0.25, 0.3) is 0 Å². The first-order chi connectivity index (χ1) is 4.73. The molecule has 0 aromatic rings. The highest BCUT2D eigenvalue weighted by molar-refractivity contribution is 5.99. The van der Waals surface area contributed by atoms with Crippen molar-refractivity contribution in [3.63, 3.8) is 0 Å². The molecule has 2 N–H and O–H groups in total. The van der Waals surface area contributed by atoms with Crippen LogP contribution in [0.25, 0.3) is 0 Å². The Morgan fingerprint density at radius 1 is 1.40 bits per heavy atom. The fourth-order valence-corrected chi connectivity index (χ4v) is 1.40. The van der Waals surface area contributed by atoms with E-state index in [4.69, 9.17) is 0 Å². The van der Waals surface area contributed by atoms with Crippen LogP contribution in [0.1, 0.15) is 12.8 Å². The lowest BCUT2D eigenvalue weighted by molar-refractivity contribution is -0.136. The fourth-order valence-electron chi connectivity index (χ4n) is 1.40. The lowest BCUT2D eigenvalue weighted by Crippen LogP contribution is -2.70. The SMILES string of the molecule is O=C1CCC2(CNC2=O)N1. The highest BCUT2D eigenvalue weighted by atomic mass is 16.2. The normalized spacial score (nSPS) is 37.2. The molecule has 4 nitrogen and oxygen atoms in total. The zero-order valence-corrected chi connectivity index (χ0v) is 5.44. The minimum absolute atomic E-state index is 0.00477. The monoisotopic (exact) mass is 140 g/mol. The number of hydrogen-bond donors (Lipinski definition) is 2. The Morgan fingerprint density at radius 3 is 2.40 bits per heavy atom. The number of carbonyl (C=O) groups excluding carboxylic acids is 2. The lowest BCUT2D eigenvalue weighted by atomic mass is 9.90. The van der Waals surface area contributed by atoms with Gasteiger partial charge in [-0.2, -0.15) is 0 Å². The number of nitrogens with one attached hydrogen (secondary N) is 2.